The van der Waals surface area contributed by atoms with Crippen LogP contribution in [0, 0.1) is 0 Å². The molecule has 0 radical (unpaired) electrons. The molecule has 2 aromatic heterocycles. The lowest BCUT2D eigenvalue weighted by molar-refractivity contribution is 0.0933. The predicted molar refractivity (Wildman–Crippen MR) is 89.4 cm³/mol. The van der Waals surface area contributed by atoms with E-state index in [0.717, 1.165) is 31.2 Å². The molecule has 0 atom stereocenters. The number of carbonyl (C=O) groups excluding carboxylic acids is 1. The van der Waals surface area contributed by atoms with Crippen LogP contribution in [0.3, 0.4) is 0 Å². The third kappa shape index (κ3) is 2.85. The van der Waals surface area contributed by atoms with Crippen molar-refractivity contribution in [3.63, 3.8) is 0 Å². The highest BCUT2D eigenvalue weighted by Gasteiger charge is 2.26. The molecule has 3 aromatic rings. The number of hydrogen-bond acceptors (Lipinski definition) is 4. The van der Waals surface area contributed by atoms with Crippen molar-refractivity contribution in [1.82, 2.24) is 10.3 Å². The Morgan fingerprint density at radius 2 is 1.88 bits per heavy atom. The first kappa shape index (κ1) is 14.8. The summed E-state index contributed by atoms with van der Waals surface area (Å²) in [5, 5.41) is 3.07. The molecule has 1 aliphatic rings. The van der Waals surface area contributed by atoms with E-state index in [4.69, 9.17) is 8.83 Å². The van der Waals surface area contributed by atoms with E-state index in [1.54, 1.807) is 18.4 Å². The van der Waals surface area contributed by atoms with Gasteiger partial charge in [0.1, 0.15) is 0 Å². The zero-order valence-electron chi connectivity index (χ0n) is 13.2. The molecular formula is C19H18N2O3. The van der Waals surface area contributed by atoms with Crippen molar-refractivity contribution in [2.45, 2.75) is 31.7 Å². The van der Waals surface area contributed by atoms with Crippen LogP contribution in [-0.2, 0) is 0 Å². The molecule has 1 amide bonds. The lowest BCUT2D eigenvalue weighted by Gasteiger charge is -2.10. The van der Waals surface area contributed by atoms with Gasteiger partial charge in [-0.15, -0.1) is 0 Å². The second-order valence-corrected chi connectivity index (χ2v) is 5.99. The number of nitrogens with one attached hydrogen (secondary N) is 1. The molecule has 24 heavy (non-hydrogen) atoms. The van der Waals surface area contributed by atoms with Crippen LogP contribution in [0.5, 0.6) is 0 Å². The van der Waals surface area contributed by atoms with E-state index in [1.165, 1.54) is 0 Å². The van der Waals surface area contributed by atoms with E-state index in [-0.39, 0.29) is 11.9 Å². The van der Waals surface area contributed by atoms with Gasteiger partial charge in [-0.25, -0.2) is 4.98 Å². The Labute approximate surface area is 139 Å². The van der Waals surface area contributed by atoms with Gasteiger partial charge in [0.15, 0.2) is 17.2 Å². The Balaban J connectivity index is 1.71. The predicted octanol–water partition coefficient (Wildman–Crippen LogP) is 4.27. The lowest BCUT2D eigenvalue weighted by Crippen LogP contribution is -2.33. The average molecular weight is 322 g/mol. The van der Waals surface area contributed by atoms with Crippen LogP contribution in [0.25, 0.3) is 23.0 Å². The third-order valence-corrected chi connectivity index (χ3v) is 4.30. The van der Waals surface area contributed by atoms with Crippen LogP contribution in [0.4, 0.5) is 0 Å². The van der Waals surface area contributed by atoms with Gasteiger partial charge >= 0.3 is 0 Å². The number of oxazole rings is 1. The van der Waals surface area contributed by atoms with E-state index in [0.29, 0.717) is 23.1 Å². The summed E-state index contributed by atoms with van der Waals surface area (Å²) in [5.74, 6) is 1.10. The maximum absolute atomic E-state index is 12.7. The molecule has 1 aromatic carbocycles. The van der Waals surface area contributed by atoms with E-state index in [9.17, 15) is 4.79 Å². The second kappa shape index (κ2) is 6.35. The van der Waals surface area contributed by atoms with Gasteiger partial charge in [-0.1, -0.05) is 43.2 Å². The minimum absolute atomic E-state index is 0.192. The van der Waals surface area contributed by atoms with Crippen molar-refractivity contribution in [3.8, 4) is 23.0 Å². The second-order valence-electron chi connectivity index (χ2n) is 5.99. The number of furan rings is 1. The summed E-state index contributed by atoms with van der Waals surface area (Å²) in [7, 11) is 0. The molecule has 0 spiro atoms. The highest BCUT2D eigenvalue weighted by Crippen LogP contribution is 2.30. The SMILES string of the molecule is O=C(NC1CCCC1)c1nc(-c2ccco2)oc1-c1ccccc1. The summed E-state index contributed by atoms with van der Waals surface area (Å²) in [6, 6.07) is 13.3. The first-order valence-electron chi connectivity index (χ1n) is 8.22. The largest absolute Gasteiger partial charge is 0.459 e. The van der Waals surface area contributed by atoms with Crippen molar-refractivity contribution < 1.29 is 13.6 Å². The van der Waals surface area contributed by atoms with Gasteiger partial charge in [-0.3, -0.25) is 4.79 Å². The van der Waals surface area contributed by atoms with Crippen LogP contribution in [-0.4, -0.2) is 16.9 Å². The van der Waals surface area contributed by atoms with Gasteiger partial charge in [0.25, 0.3) is 11.8 Å². The molecule has 5 nitrogen and oxygen atoms in total. The molecule has 4 rings (SSSR count). The Bertz CT molecular complexity index is 816. The van der Waals surface area contributed by atoms with Crippen molar-refractivity contribution in [2.24, 2.45) is 0 Å². The van der Waals surface area contributed by atoms with Crippen molar-refractivity contribution in [1.29, 1.82) is 0 Å². The Morgan fingerprint density at radius 3 is 2.58 bits per heavy atom. The monoisotopic (exact) mass is 322 g/mol. The summed E-state index contributed by atoms with van der Waals surface area (Å²) < 4.78 is 11.2. The fraction of sp³-hybridized carbons (Fsp3) is 0.263. The zero-order valence-corrected chi connectivity index (χ0v) is 13.2. The van der Waals surface area contributed by atoms with Gasteiger partial charge in [0, 0.05) is 11.6 Å². The minimum atomic E-state index is -0.192. The number of hydrogen-bond donors (Lipinski definition) is 1. The molecular weight excluding hydrogens is 304 g/mol. The van der Waals surface area contributed by atoms with E-state index in [1.807, 2.05) is 30.3 Å². The zero-order chi connectivity index (χ0) is 16.4. The minimum Gasteiger partial charge on any atom is -0.459 e. The maximum atomic E-state index is 12.7. The average Bonchev–Trinajstić information content (AvgIpc) is 3.36. The molecule has 1 aliphatic carbocycles. The summed E-state index contributed by atoms with van der Waals surface area (Å²) in [6.45, 7) is 0. The summed E-state index contributed by atoms with van der Waals surface area (Å²) in [4.78, 5) is 17.1. The molecule has 0 aliphatic heterocycles. The molecule has 0 saturated heterocycles. The number of amides is 1. The Morgan fingerprint density at radius 1 is 1.08 bits per heavy atom. The number of nitrogens with zero attached hydrogens (tertiary/aromatic N) is 1. The van der Waals surface area contributed by atoms with Crippen molar-refractivity contribution in [2.75, 3.05) is 0 Å². The quantitative estimate of drug-likeness (QED) is 0.778. The van der Waals surface area contributed by atoms with E-state index >= 15 is 0 Å². The highest BCUT2D eigenvalue weighted by molar-refractivity contribution is 5.98. The van der Waals surface area contributed by atoms with Crippen LogP contribution < -0.4 is 5.32 Å². The third-order valence-electron chi connectivity index (χ3n) is 4.30. The molecule has 5 heteroatoms. The van der Waals surface area contributed by atoms with Crippen LogP contribution >= 0.6 is 0 Å². The molecule has 1 N–H and O–H groups in total. The summed E-state index contributed by atoms with van der Waals surface area (Å²) in [5.41, 5.74) is 1.12. The molecule has 122 valence electrons. The smallest absolute Gasteiger partial charge is 0.274 e. The van der Waals surface area contributed by atoms with E-state index in [2.05, 4.69) is 10.3 Å². The van der Waals surface area contributed by atoms with Gasteiger partial charge in [-0.2, -0.15) is 0 Å². The number of benzene rings is 1. The summed E-state index contributed by atoms with van der Waals surface area (Å²) in [6.07, 6.45) is 5.92. The molecule has 0 bridgehead atoms. The molecule has 1 fully saturated rings. The first-order chi connectivity index (χ1) is 11.8. The van der Waals surface area contributed by atoms with Gasteiger partial charge in [-0.05, 0) is 25.0 Å². The normalized spacial score (nSPS) is 14.8. The molecule has 2 heterocycles. The van der Waals surface area contributed by atoms with Gasteiger partial charge < -0.3 is 14.2 Å². The van der Waals surface area contributed by atoms with Crippen molar-refractivity contribution in [3.05, 3.63) is 54.4 Å². The van der Waals surface area contributed by atoms with Crippen LogP contribution in [0.1, 0.15) is 36.2 Å². The molecule has 1 saturated carbocycles. The van der Waals surface area contributed by atoms with Gasteiger partial charge in [0.05, 0.1) is 6.26 Å². The van der Waals surface area contributed by atoms with E-state index < -0.39 is 0 Å². The Hall–Kier alpha value is -2.82. The fourth-order valence-corrected chi connectivity index (χ4v) is 3.09. The first-order valence-corrected chi connectivity index (χ1v) is 8.22. The molecule has 0 unspecified atom stereocenters. The van der Waals surface area contributed by atoms with Crippen LogP contribution in [0.2, 0.25) is 0 Å². The number of carbonyl (C=O) groups is 1. The standard InChI is InChI=1S/C19H18N2O3/c22-18(20-14-9-4-5-10-14)16-17(13-7-2-1-3-8-13)24-19(21-16)15-11-6-12-23-15/h1-3,6-8,11-12,14H,4-5,9-10H2,(H,20,22). The fourth-order valence-electron chi connectivity index (χ4n) is 3.09. The topological polar surface area (TPSA) is 68.3 Å². The maximum Gasteiger partial charge on any atom is 0.274 e. The highest BCUT2D eigenvalue weighted by atomic mass is 16.4. The lowest BCUT2D eigenvalue weighted by atomic mass is 10.1. The van der Waals surface area contributed by atoms with Crippen molar-refractivity contribution >= 4 is 5.91 Å². The number of aromatic nitrogens is 1. The van der Waals surface area contributed by atoms with Gasteiger partial charge in [0.2, 0.25) is 0 Å². The summed E-state index contributed by atoms with van der Waals surface area (Å²) >= 11 is 0. The number of rotatable bonds is 4. The Kier molecular flexibility index (Phi) is 3.91. The van der Waals surface area contributed by atoms with Crippen LogP contribution in [0.15, 0.2) is 57.6 Å².